The summed E-state index contributed by atoms with van der Waals surface area (Å²) < 4.78 is 5.74. The number of carbonyl (C=O) groups excluding carboxylic acids is 1. The normalized spacial score (nSPS) is 10.4. The molecule has 0 unspecified atom stereocenters. The number of anilines is 1. The average molecular weight is 296 g/mol. The Hall–Kier alpha value is -1.67. The SMILES string of the molecule is C=CCSc1nnc(NC(=O)c2c(C)noc2C)s1. The van der Waals surface area contributed by atoms with Gasteiger partial charge in [-0.05, 0) is 13.8 Å². The molecule has 19 heavy (non-hydrogen) atoms. The van der Waals surface area contributed by atoms with Crippen LogP contribution in [0.2, 0.25) is 0 Å². The number of nitrogens with one attached hydrogen (secondary N) is 1. The van der Waals surface area contributed by atoms with Crippen molar-refractivity contribution in [3.05, 3.63) is 29.7 Å². The lowest BCUT2D eigenvalue weighted by atomic mass is 10.2. The molecule has 1 amide bonds. The number of amides is 1. The molecular formula is C11H12N4O2S2. The number of nitrogens with zero attached hydrogens (tertiary/aromatic N) is 3. The van der Waals surface area contributed by atoms with Crippen molar-refractivity contribution in [2.45, 2.75) is 18.2 Å². The third-order valence-electron chi connectivity index (χ3n) is 2.21. The van der Waals surface area contributed by atoms with Crippen molar-refractivity contribution in [3.8, 4) is 0 Å². The monoisotopic (exact) mass is 296 g/mol. The van der Waals surface area contributed by atoms with E-state index in [-0.39, 0.29) is 5.91 Å². The van der Waals surface area contributed by atoms with Crippen LogP contribution in [-0.2, 0) is 0 Å². The molecule has 8 heteroatoms. The number of aromatic nitrogens is 3. The maximum atomic E-state index is 12.0. The molecule has 0 spiro atoms. The van der Waals surface area contributed by atoms with Crippen molar-refractivity contribution in [1.82, 2.24) is 15.4 Å². The first-order valence-electron chi connectivity index (χ1n) is 5.43. The fraction of sp³-hybridized carbons (Fsp3) is 0.273. The third kappa shape index (κ3) is 3.21. The highest BCUT2D eigenvalue weighted by atomic mass is 32.2. The minimum absolute atomic E-state index is 0.285. The van der Waals surface area contributed by atoms with E-state index in [1.54, 1.807) is 19.9 Å². The molecule has 0 aliphatic rings. The van der Waals surface area contributed by atoms with Crippen molar-refractivity contribution in [2.75, 3.05) is 11.1 Å². The van der Waals surface area contributed by atoms with E-state index in [0.717, 1.165) is 10.1 Å². The van der Waals surface area contributed by atoms with Crippen LogP contribution in [0.25, 0.3) is 0 Å². The van der Waals surface area contributed by atoms with Crippen LogP contribution < -0.4 is 5.32 Å². The summed E-state index contributed by atoms with van der Waals surface area (Å²) in [7, 11) is 0. The molecule has 0 bridgehead atoms. The molecule has 2 aromatic heterocycles. The molecule has 1 N–H and O–H groups in total. The van der Waals surface area contributed by atoms with Crippen molar-refractivity contribution in [2.24, 2.45) is 0 Å². The Morgan fingerprint density at radius 3 is 2.95 bits per heavy atom. The summed E-state index contributed by atoms with van der Waals surface area (Å²) in [6.07, 6.45) is 1.79. The largest absolute Gasteiger partial charge is 0.361 e. The minimum Gasteiger partial charge on any atom is -0.361 e. The molecule has 6 nitrogen and oxygen atoms in total. The van der Waals surface area contributed by atoms with Crippen LogP contribution in [0, 0.1) is 13.8 Å². The molecule has 2 aromatic rings. The van der Waals surface area contributed by atoms with E-state index in [1.807, 2.05) is 0 Å². The Labute approximate surface area is 118 Å². The van der Waals surface area contributed by atoms with Gasteiger partial charge in [0.25, 0.3) is 5.91 Å². The number of thioether (sulfide) groups is 1. The number of aryl methyl sites for hydroxylation is 2. The summed E-state index contributed by atoms with van der Waals surface area (Å²) in [6.45, 7) is 7.05. The lowest BCUT2D eigenvalue weighted by Crippen LogP contribution is -2.13. The summed E-state index contributed by atoms with van der Waals surface area (Å²) in [5.74, 6) is 0.959. The molecule has 0 radical (unpaired) electrons. The van der Waals surface area contributed by atoms with Gasteiger partial charge in [0.1, 0.15) is 11.3 Å². The topological polar surface area (TPSA) is 80.9 Å². The van der Waals surface area contributed by atoms with Crippen LogP contribution in [-0.4, -0.2) is 27.0 Å². The van der Waals surface area contributed by atoms with Gasteiger partial charge >= 0.3 is 0 Å². The summed E-state index contributed by atoms with van der Waals surface area (Å²) in [5, 5.41) is 14.8. The molecule has 2 heterocycles. The first kappa shape index (κ1) is 13.8. The van der Waals surface area contributed by atoms with Crippen LogP contribution in [0.3, 0.4) is 0 Å². The molecule has 0 saturated carbocycles. The van der Waals surface area contributed by atoms with Crippen molar-refractivity contribution in [3.63, 3.8) is 0 Å². The number of carbonyl (C=O) groups is 1. The Morgan fingerprint density at radius 2 is 2.32 bits per heavy atom. The zero-order chi connectivity index (χ0) is 13.8. The fourth-order valence-electron chi connectivity index (χ4n) is 1.42. The number of hydrogen-bond acceptors (Lipinski definition) is 7. The van der Waals surface area contributed by atoms with E-state index < -0.39 is 0 Å². The van der Waals surface area contributed by atoms with Gasteiger partial charge in [-0.1, -0.05) is 34.3 Å². The molecule has 0 atom stereocenters. The molecule has 0 fully saturated rings. The van der Waals surface area contributed by atoms with Crippen molar-refractivity contribution in [1.29, 1.82) is 0 Å². The molecule has 2 rings (SSSR count). The van der Waals surface area contributed by atoms with E-state index in [9.17, 15) is 4.79 Å². The van der Waals surface area contributed by atoms with E-state index in [1.165, 1.54) is 23.1 Å². The predicted octanol–water partition coefficient (Wildman–Crippen LogP) is 2.67. The van der Waals surface area contributed by atoms with Gasteiger partial charge in [-0.15, -0.1) is 16.8 Å². The van der Waals surface area contributed by atoms with Crippen LogP contribution in [0.1, 0.15) is 21.8 Å². The molecule has 0 aromatic carbocycles. The van der Waals surface area contributed by atoms with Gasteiger partial charge in [-0.25, -0.2) is 0 Å². The second-order valence-electron chi connectivity index (χ2n) is 3.63. The quantitative estimate of drug-likeness (QED) is 0.519. The molecule has 0 aliphatic carbocycles. The number of hydrogen-bond donors (Lipinski definition) is 1. The van der Waals surface area contributed by atoms with Gasteiger partial charge in [0.2, 0.25) is 5.13 Å². The highest BCUT2D eigenvalue weighted by Gasteiger charge is 2.18. The van der Waals surface area contributed by atoms with Crippen molar-refractivity contribution >= 4 is 34.1 Å². The Bertz CT molecular complexity index is 586. The Morgan fingerprint density at radius 1 is 1.53 bits per heavy atom. The van der Waals surface area contributed by atoms with Gasteiger partial charge in [0, 0.05) is 5.75 Å². The lowest BCUT2D eigenvalue weighted by molar-refractivity contribution is 0.102. The van der Waals surface area contributed by atoms with Crippen LogP contribution >= 0.6 is 23.1 Å². The highest BCUT2D eigenvalue weighted by molar-refractivity contribution is 8.01. The molecule has 100 valence electrons. The first-order valence-corrected chi connectivity index (χ1v) is 7.23. The molecule has 0 saturated heterocycles. The maximum absolute atomic E-state index is 12.0. The van der Waals surface area contributed by atoms with Gasteiger partial charge in [-0.2, -0.15) is 0 Å². The van der Waals surface area contributed by atoms with Gasteiger partial charge < -0.3 is 4.52 Å². The third-order valence-corrected chi connectivity index (χ3v) is 4.18. The van der Waals surface area contributed by atoms with Crippen LogP contribution in [0.4, 0.5) is 5.13 Å². The maximum Gasteiger partial charge on any atom is 0.263 e. The first-order chi connectivity index (χ1) is 9.11. The zero-order valence-electron chi connectivity index (χ0n) is 10.5. The second kappa shape index (κ2) is 5.98. The second-order valence-corrected chi connectivity index (χ2v) is 5.87. The van der Waals surface area contributed by atoms with Gasteiger partial charge in [0.15, 0.2) is 4.34 Å². The Kier molecular flexibility index (Phi) is 4.33. The van der Waals surface area contributed by atoms with E-state index in [4.69, 9.17) is 4.52 Å². The zero-order valence-corrected chi connectivity index (χ0v) is 12.1. The van der Waals surface area contributed by atoms with Crippen LogP contribution in [0.5, 0.6) is 0 Å². The summed E-state index contributed by atoms with van der Waals surface area (Å²) in [4.78, 5) is 12.0. The van der Waals surface area contributed by atoms with E-state index in [0.29, 0.717) is 22.1 Å². The van der Waals surface area contributed by atoms with E-state index in [2.05, 4.69) is 27.2 Å². The molecule has 0 aliphatic heterocycles. The minimum atomic E-state index is -0.285. The summed E-state index contributed by atoms with van der Waals surface area (Å²) in [5.41, 5.74) is 0.997. The summed E-state index contributed by atoms with van der Waals surface area (Å²) >= 11 is 2.84. The fourth-order valence-corrected chi connectivity index (χ4v) is 2.92. The average Bonchev–Trinajstić information content (AvgIpc) is 2.94. The smallest absolute Gasteiger partial charge is 0.263 e. The van der Waals surface area contributed by atoms with Crippen molar-refractivity contribution < 1.29 is 9.32 Å². The summed E-state index contributed by atoms with van der Waals surface area (Å²) in [6, 6.07) is 0. The molecular weight excluding hydrogens is 284 g/mol. The van der Waals surface area contributed by atoms with E-state index >= 15 is 0 Å². The number of rotatable bonds is 5. The standard InChI is InChI=1S/C11H12N4O2S2/c1-4-5-18-11-14-13-10(19-11)12-9(16)8-6(2)15-17-7(8)3/h4H,1,5H2,2-3H3,(H,12,13,16). The van der Waals surface area contributed by atoms with Gasteiger partial charge in [-0.3, -0.25) is 10.1 Å². The van der Waals surface area contributed by atoms with Gasteiger partial charge in [0.05, 0.1) is 5.69 Å². The lowest BCUT2D eigenvalue weighted by Gasteiger charge is -1.98. The highest BCUT2D eigenvalue weighted by Crippen LogP contribution is 2.26. The van der Waals surface area contributed by atoms with Crippen LogP contribution in [0.15, 0.2) is 21.5 Å². The Balaban J connectivity index is 2.07. The predicted molar refractivity (Wildman–Crippen MR) is 74.8 cm³/mol.